The summed E-state index contributed by atoms with van der Waals surface area (Å²) in [7, 11) is 2.07. The maximum Gasteiger partial charge on any atom is 0.0488 e. The lowest BCUT2D eigenvalue weighted by Crippen LogP contribution is -1.83. The number of aromatic amines is 1. The summed E-state index contributed by atoms with van der Waals surface area (Å²) in [5.74, 6) is 0. The third-order valence-electron chi connectivity index (χ3n) is 3.37. The third-order valence-corrected chi connectivity index (χ3v) is 4.53. The lowest BCUT2D eigenvalue weighted by molar-refractivity contribution is 0.969. The molecule has 106 valence electrons. The first-order valence-electron chi connectivity index (χ1n) is 6.57. The zero-order valence-electron chi connectivity index (χ0n) is 11.5. The van der Waals surface area contributed by atoms with Crippen molar-refractivity contribution in [2.45, 2.75) is 0 Å². The number of benzene rings is 2. The lowest BCUT2D eigenvalue weighted by Gasteiger charge is -1.95. The van der Waals surface area contributed by atoms with E-state index in [4.69, 9.17) is 0 Å². The molecule has 1 N–H and O–H groups in total. The molecule has 0 saturated carbocycles. The first kappa shape index (κ1) is 14.7. The Labute approximate surface area is 145 Å². The Morgan fingerprint density at radius 1 is 1.00 bits per heavy atom. The highest BCUT2D eigenvalue weighted by Crippen LogP contribution is 2.18. The van der Waals surface area contributed by atoms with E-state index >= 15 is 0 Å². The molecule has 2 aromatic heterocycles. The van der Waals surface area contributed by atoms with Crippen LogP contribution in [0.4, 0.5) is 0 Å². The molecule has 21 heavy (non-hydrogen) atoms. The van der Waals surface area contributed by atoms with Gasteiger partial charge in [-0.05, 0) is 69.8 Å². The standard InChI is InChI=1S/C9H8IN.C8H6BrN/c1-11-5-4-7-2-3-8(10)6-9(7)11;9-7-2-1-6-3-4-10-8(6)5-7/h2-6H,1H3;1-5,10H. The molecule has 4 heteroatoms. The SMILES string of the molecule is Brc1ccc2cc[nH]c2c1.Cn1ccc2ccc(I)cc21. The average molecular weight is 453 g/mol. The third kappa shape index (κ3) is 3.32. The molecule has 2 aromatic carbocycles. The van der Waals surface area contributed by atoms with Crippen LogP contribution in [0, 0.1) is 3.57 Å². The fourth-order valence-corrected chi connectivity index (χ4v) is 3.09. The summed E-state index contributed by atoms with van der Waals surface area (Å²) in [6, 6.07) is 16.8. The molecule has 4 aromatic rings. The Morgan fingerprint density at radius 3 is 2.67 bits per heavy atom. The maximum atomic E-state index is 3.40. The highest BCUT2D eigenvalue weighted by Gasteiger charge is 1.96. The van der Waals surface area contributed by atoms with Gasteiger partial charge in [0.25, 0.3) is 0 Å². The van der Waals surface area contributed by atoms with Crippen LogP contribution in [0.25, 0.3) is 21.8 Å². The number of H-pyrrole nitrogens is 1. The minimum atomic E-state index is 1.11. The van der Waals surface area contributed by atoms with Crippen LogP contribution in [0.1, 0.15) is 0 Å². The zero-order valence-corrected chi connectivity index (χ0v) is 15.2. The molecule has 2 heterocycles. The van der Waals surface area contributed by atoms with Gasteiger partial charge in [0.05, 0.1) is 0 Å². The van der Waals surface area contributed by atoms with Crippen molar-refractivity contribution in [3.05, 3.63) is 69.0 Å². The van der Waals surface area contributed by atoms with Crippen LogP contribution in [0.3, 0.4) is 0 Å². The predicted octanol–water partition coefficient (Wildman–Crippen LogP) is 5.71. The fourth-order valence-electron chi connectivity index (χ4n) is 2.26. The van der Waals surface area contributed by atoms with Crippen LogP contribution in [-0.2, 0) is 7.05 Å². The topological polar surface area (TPSA) is 20.7 Å². The monoisotopic (exact) mass is 452 g/mol. The smallest absolute Gasteiger partial charge is 0.0488 e. The first-order valence-corrected chi connectivity index (χ1v) is 8.44. The molecule has 0 saturated heterocycles. The van der Waals surface area contributed by atoms with Gasteiger partial charge in [-0.3, -0.25) is 0 Å². The van der Waals surface area contributed by atoms with Crippen molar-refractivity contribution in [1.82, 2.24) is 9.55 Å². The van der Waals surface area contributed by atoms with Crippen LogP contribution in [0.2, 0.25) is 0 Å². The number of aryl methyl sites for hydroxylation is 1. The highest BCUT2D eigenvalue weighted by molar-refractivity contribution is 14.1. The van der Waals surface area contributed by atoms with Gasteiger partial charge in [-0.1, -0.05) is 28.1 Å². The predicted molar refractivity (Wildman–Crippen MR) is 102 cm³/mol. The van der Waals surface area contributed by atoms with E-state index in [-0.39, 0.29) is 0 Å². The van der Waals surface area contributed by atoms with E-state index in [1.54, 1.807) is 0 Å². The molecule has 2 nitrogen and oxygen atoms in total. The summed E-state index contributed by atoms with van der Waals surface area (Å²) in [5, 5.41) is 2.57. The Morgan fingerprint density at radius 2 is 1.81 bits per heavy atom. The van der Waals surface area contributed by atoms with Gasteiger partial charge in [-0.15, -0.1) is 0 Å². The van der Waals surface area contributed by atoms with E-state index in [1.165, 1.54) is 25.4 Å². The summed E-state index contributed by atoms with van der Waals surface area (Å²) in [5.41, 5.74) is 2.48. The number of hydrogen-bond donors (Lipinski definition) is 1. The van der Waals surface area contributed by atoms with E-state index in [9.17, 15) is 0 Å². The first-order chi connectivity index (χ1) is 10.1. The fraction of sp³-hybridized carbons (Fsp3) is 0.0588. The van der Waals surface area contributed by atoms with Gasteiger partial charge >= 0.3 is 0 Å². The van der Waals surface area contributed by atoms with Gasteiger partial charge in [0, 0.05) is 38.5 Å². The minimum Gasteiger partial charge on any atom is -0.361 e. The summed E-state index contributed by atoms with van der Waals surface area (Å²) < 4.78 is 4.54. The van der Waals surface area contributed by atoms with Crippen molar-refractivity contribution in [3.8, 4) is 0 Å². The quantitative estimate of drug-likeness (QED) is 0.330. The molecule has 0 aliphatic carbocycles. The summed E-state index contributed by atoms with van der Waals surface area (Å²) >= 11 is 5.73. The Balaban J connectivity index is 0.000000126. The molecule has 0 unspecified atom stereocenters. The second-order valence-corrected chi connectivity index (χ2v) is 7.00. The van der Waals surface area contributed by atoms with Crippen LogP contribution in [-0.4, -0.2) is 9.55 Å². The van der Waals surface area contributed by atoms with E-state index in [0.717, 1.165) is 4.47 Å². The number of halogens is 2. The van der Waals surface area contributed by atoms with E-state index in [1.807, 2.05) is 12.3 Å². The largest absolute Gasteiger partial charge is 0.361 e. The van der Waals surface area contributed by atoms with Gasteiger partial charge in [0.1, 0.15) is 0 Å². The van der Waals surface area contributed by atoms with Gasteiger partial charge in [0.15, 0.2) is 0 Å². The van der Waals surface area contributed by atoms with Crippen molar-refractivity contribution >= 4 is 60.3 Å². The van der Waals surface area contributed by atoms with Crippen LogP contribution < -0.4 is 0 Å². The molecule has 0 bridgehead atoms. The summed E-state index contributed by atoms with van der Waals surface area (Å²) in [6.07, 6.45) is 4.03. The van der Waals surface area contributed by atoms with Crippen LogP contribution >= 0.6 is 38.5 Å². The number of aromatic nitrogens is 2. The molecule has 0 amide bonds. The summed E-state index contributed by atoms with van der Waals surface area (Å²) in [6.45, 7) is 0. The molecule has 0 fully saturated rings. The van der Waals surface area contributed by atoms with Crippen LogP contribution in [0.5, 0.6) is 0 Å². The van der Waals surface area contributed by atoms with Crippen molar-refractivity contribution < 1.29 is 0 Å². The van der Waals surface area contributed by atoms with Crippen molar-refractivity contribution in [2.75, 3.05) is 0 Å². The number of fused-ring (bicyclic) bond motifs is 2. The molecule has 0 radical (unpaired) electrons. The van der Waals surface area contributed by atoms with Gasteiger partial charge < -0.3 is 9.55 Å². The normalized spacial score (nSPS) is 10.6. The van der Waals surface area contributed by atoms with Crippen molar-refractivity contribution in [3.63, 3.8) is 0 Å². The van der Waals surface area contributed by atoms with E-state index < -0.39 is 0 Å². The molecule has 0 aliphatic rings. The number of nitrogens with zero attached hydrogens (tertiary/aromatic N) is 1. The average Bonchev–Trinajstić information content (AvgIpc) is 3.06. The van der Waals surface area contributed by atoms with E-state index in [2.05, 4.69) is 104 Å². The van der Waals surface area contributed by atoms with Gasteiger partial charge in [-0.2, -0.15) is 0 Å². The zero-order chi connectivity index (χ0) is 14.8. The second-order valence-electron chi connectivity index (χ2n) is 4.84. The van der Waals surface area contributed by atoms with Crippen LogP contribution in [0.15, 0.2) is 65.4 Å². The molecule has 0 atom stereocenters. The molecule has 4 rings (SSSR count). The molecule has 0 spiro atoms. The van der Waals surface area contributed by atoms with Gasteiger partial charge in [-0.25, -0.2) is 0 Å². The lowest BCUT2D eigenvalue weighted by atomic mass is 10.2. The maximum absolute atomic E-state index is 3.40. The van der Waals surface area contributed by atoms with Crippen molar-refractivity contribution in [2.24, 2.45) is 7.05 Å². The van der Waals surface area contributed by atoms with E-state index in [0.29, 0.717) is 0 Å². The second kappa shape index (κ2) is 6.23. The molecule has 0 aliphatic heterocycles. The Bertz CT molecular complexity index is 892. The number of rotatable bonds is 0. The number of hydrogen-bond acceptors (Lipinski definition) is 0. The number of nitrogens with one attached hydrogen (secondary N) is 1. The Hall–Kier alpha value is -1.27. The Kier molecular flexibility index (Phi) is 4.35. The van der Waals surface area contributed by atoms with Gasteiger partial charge in [0.2, 0.25) is 0 Å². The van der Waals surface area contributed by atoms with Crippen molar-refractivity contribution in [1.29, 1.82) is 0 Å². The highest BCUT2D eigenvalue weighted by atomic mass is 127. The molecular formula is C17H14BrIN2. The minimum absolute atomic E-state index is 1.11. The summed E-state index contributed by atoms with van der Waals surface area (Å²) in [4.78, 5) is 3.13. The molecular weight excluding hydrogens is 439 g/mol.